The van der Waals surface area contributed by atoms with Gasteiger partial charge >= 0.3 is 0 Å². The topological polar surface area (TPSA) is 59.8 Å². The number of nitrogens with zero attached hydrogens (tertiary/aromatic N) is 3. The molecule has 0 aliphatic carbocycles. The molecule has 0 fully saturated rings. The third-order valence-electron chi connectivity index (χ3n) is 4.26. The molecule has 0 saturated heterocycles. The molecule has 1 amide bonds. The van der Waals surface area contributed by atoms with Crippen LogP contribution in [-0.2, 0) is 12.3 Å². The van der Waals surface area contributed by atoms with Crippen molar-refractivity contribution in [1.29, 1.82) is 0 Å². The second-order valence-corrected chi connectivity index (χ2v) is 8.62. The molecule has 9 heteroatoms. The number of hydrogen-bond acceptors (Lipinski definition) is 4. The molecule has 3 rings (SSSR count). The standard InChI is InChI=1S/C21H19Cl3N4OS/c1-3-10-28-19(13(2)25-20(29)15-6-4-5-7-16(15)22)26-27-21(28)30-12-14-8-9-17(23)18(24)11-14/h3-9,11,13H,1,10,12H2,2H3,(H,25,29)/t13-/m1/s1. The van der Waals surface area contributed by atoms with Crippen LogP contribution in [0.15, 0.2) is 60.3 Å². The van der Waals surface area contributed by atoms with Crippen LogP contribution in [0.4, 0.5) is 0 Å². The van der Waals surface area contributed by atoms with E-state index in [9.17, 15) is 4.79 Å². The molecule has 0 bridgehead atoms. The van der Waals surface area contributed by atoms with Gasteiger partial charge in [0.15, 0.2) is 11.0 Å². The molecule has 0 unspecified atom stereocenters. The molecule has 2 aromatic carbocycles. The number of benzene rings is 2. The minimum atomic E-state index is -0.374. The maximum absolute atomic E-state index is 12.6. The monoisotopic (exact) mass is 480 g/mol. The molecule has 1 aromatic heterocycles. The summed E-state index contributed by atoms with van der Waals surface area (Å²) in [5.74, 6) is 1.00. The molecule has 30 heavy (non-hydrogen) atoms. The second-order valence-electron chi connectivity index (χ2n) is 6.45. The Morgan fingerprint density at radius 3 is 2.63 bits per heavy atom. The maximum atomic E-state index is 12.6. The zero-order valence-corrected chi connectivity index (χ0v) is 19.2. The Labute approximate surface area is 194 Å². The predicted octanol–water partition coefficient (Wildman–Crippen LogP) is 6.21. The highest BCUT2D eigenvalue weighted by molar-refractivity contribution is 7.98. The van der Waals surface area contributed by atoms with Crippen molar-refractivity contribution >= 4 is 52.5 Å². The third kappa shape index (κ3) is 5.38. The molecule has 3 aromatic rings. The zero-order chi connectivity index (χ0) is 21.7. The molecule has 0 radical (unpaired) electrons. The average Bonchev–Trinajstić information content (AvgIpc) is 3.12. The van der Waals surface area contributed by atoms with Crippen LogP contribution in [0.1, 0.15) is 34.7 Å². The first-order valence-electron chi connectivity index (χ1n) is 9.06. The fourth-order valence-corrected chi connectivity index (χ4v) is 4.23. The summed E-state index contributed by atoms with van der Waals surface area (Å²) in [6.45, 7) is 6.18. The summed E-state index contributed by atoms with van der Waals surface area (Å²) in [4.78, 5) is 12.6. The lowest BCUT2D eigenvalue weighted by Crippen LogP contribution is -2.29. The Morgan fingerprint density at radius 1 is 1.17 bits per heavy atom. The summed E-state index contributed by atoms with van der Waals surface area (Å²) < 4.78 is 1.92. The van der Waals surface area contributed by atoms with Crippen molar-refractivity contribution in [2.45, 2.75) is 30.4 Å². The highest BCUT2D eigenvalue weighted by atomic mass is 35.5. The molecule has 0 aliphatic rings. The number of amides is 1. The number of aromatic nitrogens is 3. The van der Waals surface area contributed by atoms with Crippen LogP contribution in [0.25, 0.3) is 0 Å². The lowest BCUT2D eigenvalue weighted by molar-refractivity contribution is 0.0937. The van der Waals surface area contributed by atoms with Gasteiger partial charge in [-0.2, -0.15) is 0 Å². The Hall–Kier alpha value is -1.99. The van der Waals surface area contributed by atoms with E-state index in [-0.39, 0.29) is 11.9 Å². The Bertz CT molecular complexity index is 1070. The molecule has 0 saturated carbocycles. The number of halogens is 3. The van der Waals surface area contributed by atoms with Crippen LogP contribution >= 0.6 is 46.6 Å². The number of thioether (sulfide) groups is 1. The van der Waals surface area contributed by atoms with Gasteiger partial charge in [-0.25, -0.2) is 0 Å². The Balaban J connectivity index is 1.75. The van der Waals surface area contributed by atoms with Gasteiger partial charge in [-0.05, 0) is 36.8 Å². The maximum Gasteiger partial charge on any atom is 0.253 e. The Kier molecular flexibility index (Phi) is 7.83. The van der Waals surface area contributed by atoms with Crippen molar-refractivity contribution in [2.75, 3.05) is 0 Å². The van der Waals surface area contributed by atoms with E-state index >= 15 is 0 Å². The van der Waals surface area contributed by atoms with E-state index in [2.05, 4.69) is 22.1 Å². The van der Waals surface area contributed by atoms with E-state index in [1.165, 1.54) is 11.8 Å². The van der Waals surface area contributed by atoms with E-state index in [1.54, 1.807) is 36.4 Å². The molecular weight excluding hydrogens is 463 g/mol. The SMILES string of the molecule is C=CCn1c(SCc2ccc(Cl)c(Cl)c2)nnc1[C@@H](C)NC(=O)c1ccccc1Cl. The second kappa shape index (κ2) is 10.4. The van der Waals surface area contributed by atoms with Crippen LogP contribution < -0.4 is 5.32 Å². The molecule has 1 atom stereocenters. The first-order valence-corrected chi connectivity index (χ1v) is 11.2. The first kappa shape index (κ1) is 22.7. The number of hydrogen-bond donors (Lipinski definition) is 1. The van der Waals surface area contributed by atoms with Crippen molar-refractivity contribution in [3.63, 3.8) is 0 Å². The molecule has 1 heterocycles. The van der Waals surface area contributed by atoms with Crippen LogP contribution in [-0.4, -0.2) is 20.7 Å². The fourth-order valence-electron chi connectivity index (χ4n) is 2.79. The fraction of sp³-hybridized carbons (Fsp3) is 0.190. The van der Waals surface area contributed by atoms with Crippen molar-refractivity contribution < 1.29 is 4.79 Å². The average molecular weight is 482 g/mol. The molecule has 5 nitrogen and oxygen atoms in total. The van der Waals surface area contributed by atoms with Gasteiger partial charge < -0.3 is 9.88 Å². The van der Waals surface area contributed by atoms with Gasteiger partial charge in [-0.15, -0.1) is 16.8 Å². The van der Waals surface area contributed by atoms with Crippen LogP contribution in [0.5, 0.6) is 0 Å². The lowest BCUT2D eigenvalue weighted by atomic mass is 10.2. The van der Waals surface area contributed by atoms with Gasteiger partial charge in [0.2, 0.25) is 0 Å². The molecule has 156 valence electrons. The lowest BCUT2D eigenvalue weighted by Gasteiger charge is -2.15. The molecule has 1 N–H and O–H groups in total. The summed E-state index contributed by atoms with van der Waals surface area (Å²) in [7, 11) is 0. The smallest absolute Gasteiger partial charge is 0.253 e. The molecule has 0 aliphatic heterocycles. The molecule has 0 spiro atoms. The normalized spacial score (nSPS) is 11.9. The van der Waals surface area contributed by atoms with Crippen LogP contribution in [0.3, 0.4) is 0 Å². The van der Waals surface area contributed by atoms with E-state index in [4.69, 9.17) is 34.8 Å². The van der Waals surface area contributed by atoms with Crippen molar-refractivity contribution in [3.8, 4) is 0 Å². The Morgan fingerprint density at radius 2 is 1.93 bits per heavy atom. The van der Waals surface area contributed by atoms with E-state index in [0.29, 0.717) is 38.8 Å². The quantitative estimate of drug-likeness (QED) is 0.307. The third-order valence-corrected chi connectivity index (χ3v) is 6.37. The van der Waals surface area contributed by atoms with Gasteiger partial charge in [0.1, 0.15) is 0 Å². The van der Waals surface area contributed by atoms with Gasteiger partial charge in [-0.1, -0.05) is 70.8 Å². The van der Waals surface area contributed by atoms with Crippen LogP contribution in [0.2, 0.25) is 15.1 Å². The van der Waals surface area contributed by atoms with Gasteiger partial charge in [0.05, 0.1) is 26.7 Å². The first-order chi connectivity index (χ1) is 14.4. The largest absolute Gasteiger partial charge is 0.342 e. The summed E-state index contributed by atoms with van der Waals surface area (Å²) in [6.07, 6.45) is 1.76. The minimum absolute atomic E-state index is 0.272. The number of carbonyl (C=O) groups is 1. The summed E-state index contributed by atoms with van der Waals surface area (Å²) in [5.41, 5.74) is 1.43. The van der Waals surface area contributed by atoms with Gasteiger partial charge in [-0.3, -0.25) is 4.79 Å². The van der Waals surface area contributed by atoms with E-state index in [0.717, 1.165) is 10.7 Å². The zero-order valence-electron chi connectivity index (χ0n) is 16.1. The number of nitrogens with one attached hydrogen (secondary N) is 1. The van der Waals surface area contributed by atoms with Gasteiger partial charge in [0.25, 0.3) is 5.91 Å². The molecular formula is C21H19Cl3N4OS. The van der Waals surface area contributed by atoms with E-state index in [1.807, 2.05) is 23.6 Å². The van der Waals surface area contributed by atoms with Crippen molar-refractivity contribution in [1.82, 2.24) is 20.1 Å². The summed E-state index contributed by atoms with van der Waals surface area (Å²) in [5, 5.41) is 13.7. The van der Waals surface area contributed by atoms with Gasteiger partial charge in [0, 0.05) is 12.3 Å². The number of rotatable bonds is 8. The predicted molar refractivity (Wildman–Crippen MR) is 124 cm³/mol. The highest BCUT2D eigenvalue weighted by Gasteiger charge is 2.20. The van der Waals surface area contributed by atoms with Crippen molar-refractivity contribution in [3.05, 3.63) is 87.1 Å². The van der Waals surface area contributed by atoms with E-state index < -0.39 is 0 Å². The summed E-state index contributed by atoms with van der Waals surface area (Å²) >= 11 is 19.7. The van der Waals surface area contributed by atoms with Crippen LogP contribution in [0, 0.1) is 0 Å². The number of allylic oxidation sites excluding steroid dienone is 1. The van der Waals surface area contributed by atoms with Crippen molar-refractivity contribution in [2.24, 2.45) is 0 Å². The summed E-state index contributed by atoms with van der Waals surface area (Å²) in [6, 6.07) is 12.0. The highest BCUT2D eigenvalue weighted by Crippen LogP contribution is 2.28. The number of carbonyl (C=O) groups excluding carboxylic acids is 1. The minimum Gasteiger partial charge on any atom is -0.342 e.